The second-order valence-corrected chi connectivity index (χ2v) is 2.58. The van der Waals surface area contributed by atoms with Gasteiger partial charge in [-0.25, -0.2) is 4.98 Å². The Labute approximate surface area is 70.4 Å². The fourth-order valence-electron chi connectivity index (χ4n) is 0.802. The molecule has 1 atom stereocenters. The minimum absolute atomic E-state index is 0.212. The first-order valence-electron chi connectivity index (χ1n) is 3.31. The highest BCUT2D eigenvalue weighted by Gasteiger charge is 2.07. The number of aromatic nitrogens is 1. The first kappa shape index (κ1) is 8.46. The van der Waals surface area contributed by atoms with E-state index in [1.807, 2.05) is 6.07 Å². The van der Waals surface area contributed by atoms with E-state index in [1.165, 1.54) is 0 Å². The molecule has 0 fully saturated rings. The van der Waals surface area contributed by atoms with Gasteiger partial charge in [0.15, 0.2) is 0 Å². The van der Waals surface area contributed by atoms with E-state index < -0.39 is 0 Å². The van der Waals surface area contributed by atoms with Gasteiger partial charge in [0.25, 0.3) is 0 Å². The van der Waals surface area contributed by atoms with E-state index >= 15 is 0 Å². The van der Waals surface area contributed by atoms with E-state index in [-0.39, 0.29) is 6.04 Å². The van der Waals surface area contributed by atoms with Crippen LogP contribution in [0, 0.1) is 0 Å². The van der Waals surface area contributed by atoms with Gasteiger partial charge >= 0.3 is 0 Å². The maximum Gasteiger partial charge on any atom is 0.133 e. The number of nitrogens with zero attached hydrogens (tertiary/aromatic N) is 1. The first-order chi connectivity index (χ1) is 5.25. The predicted octanol–water partition coefficient (Wildman–Crippen LogP) is 0.693. The van der Waals surface area contributed by atoms with Gasteiger partial charge in [-0.05, 0) is 6.07 Å². The van der Waals surface area contributed by atoms with Crippen molar-refractivity contribution in [3.8, 4) is 0 Å². The van der Waals surface area contributed by atoms with Crippen molar-refractivity contribution in [3.63, 3.8) is 0 Å². The molecule has 3 nitrogen and oxygen atoms in total. The summed E-state index contributed by atoms with van der Waals surface area (Å²) in [6, 6.07) is 3.40. The zero-order valence-corrected chi connectivity index (χ0v) is 6.75. The lowest BCUT2D eigenvalue weighted by molar-refractivity contribution is 0.733. The van der Waals surface area contributed by atoms with Crippen molar-refractivity contribution in [3.05, 3.63) is 29.0 Å². The lowest BCUT2D eigenvalue weighted by atomic mass is 10.1. The SMILES string of the molecule is NCC(N)c1cccnc1Cl. The summed E-state index contributed by atoms with van der Waals surface area (Å²) in [7, 11) is 0. The van der Waals surface area contributed by atoms with Crippen LogP contribution in [-0.2, 0) is 0 Å². The van der Waals surface area contributed by atoms with Crippen LogP contribution < -0.4 is 11.5 Å². The summed E-state index contributed by atoms with van der Waals surface area (Å²) in [5.41, 5.74) is 11.8. The van der Waals surface area contributed by atoms with Crippen LogP contribution in [0.25, 0.3) is 0 Å². The van der Waals surface area contributed by atoms with Gasteiger partial charge in [-0.1, -0.05) is 17.7 Å². The van der Waals surface area contributed by atoms with E-state index in [0.29, 0.717) is 11.7 Å². The van der Waals surface area contributed by atoms with E-state index in [1.54, 1.807) is 12.3 Å². The van der Waals surface area contributed by atoms with Crippen LogP contribution in [-0.4, -0.2) is 11.5 Å². The molecule has 1 unspecified atom stereocenters. The summed E-state index contributed by atoms with van der Waals surface area (Å²) in [6.45, 7) is 0.380. The second kappa shape index (κ2) is 3.67. The summed E-state index contributed by atoms with van der Waals surface area (Å²) in [5, 5.41) is 0.436. The molecular weight excluding hydrogens is 162 g/mol. The smallest absolute Gasteiger partial charge is 0.133 e. The van der Waals surface area contributed by atoms with Crippen LogP contribution in [0.15, 0.2) is 18.3 Å². The Bertz CT molecular complexity index is 239. The molecule has 0 aromatic carbocycles. The number of halogens is 1. The van der Waals surface area contributed by atoms with E-state index in [2.05, 4.69) is 4.98 Å². The first-order valence-corrected chi connectivity index (χ1v) is 3.69. The van der Waals surface area contributed by atoms with Crippen molar-refractivity contribution in [2.24, 2.45) is 11.5 Å². The lowest BCUT2D eigenvalue weighted by Gasteiger charge is -2.08. The fraction of sp³-hybridized carbons (Fsp3) is 0.286. The molecule has 4 N–H and O–H groups in total. The van der Waals surface area contributed by atoms with Gasteiger partial charge in [-0.2, -0.15) is 0 Å². The number of hydrogen-bond acceptors (Lipinski definition) is 3. The molecule has 1 aromatic rings. The maximum absolute atomic E-state index is 5.75. The monoisotopic (exact) mass is 171 g/mol. The van der Waals surface area contributed by atoms with Crippen LogP contribution in [0.5, 0.6) is 0 Å². The largest absolute Gasteiger partial charge is 0.329 e. The Morgan fingerprint density at radius 2 is 2.36 bits per heavy atom. The van der Waals surface area contributed by atoms with Crippen LogP contribution >= 0.6 is 11.6 Å². The highest BCUT2D eigenvalue weighted by molar-refractivity contribution is 6.30. The molecule has 0 aliphatic heterocycles. The van der Waals surface area contributed by atoms with Crippen LogP contribution in [0.4, 0.5) is 0 Å². The van der Waals surface area contributed by atoms with Gasteiger partial charge in [-0.3, -0.25) is 0 Å². The fourth-order valence-corrected chi connectivity index (χ4v) is 1.06. The van der Waals surface area contributed by atoms with E-state index in [0.717, 1.165) is 5.56 Å². The lowest BCUT2D eigenvalue weighted by Crippen LogP contribution is -2.21. The Hall–Kier alpha value is -0.640. The summed E-state index contributed by atoms with van der Waals surface area (Å²) in [6.07, 6.45) is 1.62. The highest BCUT2D eigenvalue weighted by atomic mass is 35.5. The topological polar surface area (TPSA) is 64.9 Å². The van der Waals surface area contributed by atoms with Crippen molar-refractivity contribution >= 4 is 11.6 Å². The molecular formula is C7H10ClN3. The normalized spacial score (nSPS) is 13.0. The molecule has 1 aromatic heterocycles. The van der Waals surface area contributed by atoms with Gasteiger partial charge < -0.3 is 11.5 Å². The highest BCUT2D eigenvalue weighted by Crippen LogP contribution is 2.16. The third-order valence-corrected chi connectivity index (χ3v) is 1.76. The second-order valence-electron chi connectivity index (χ2n) is 2.23. The van der Waals surface area contributed by atoms with Crippen LogP contribution in [0.2, 0.25) is 5.15 Å². The molecule has 0 radical (unpaired) electrons. The van der Waals surface area contributed by atoms with Crippen LogP contribution in [0.1, 0.15) is 11.6 Å². The number of nitrogens with two attached hydrogens (primary N) is 2. The van der Waals surface area contributed by atoms with Crippen molar-refractivity contribution in [1.29, 1.82) is 0 Å². The van der Waals surface area contributed by atoms with Gasteiger partial charge in [0.05, 0.1) is 0 Å². The molecule has 0 saturated heterocycles. The number of hydrogen-bond donors (Lipinski definition) is 2. The summed E-state index contributed by atoms with van der Waals surface area (Å²) >= 11 is 5.75. The van der Waals surface area contributed by atoms with Gasteiger partial charge in [0.2, 0.25) is 0 Å². The summed E-state index contributed by atoms with van der Waals surface area (Å²) < 4.78 is 0. The molecule has 60 valence electrons. The molecule has 4 heteroatoms. The van der Waals surface area contributed by atoms with Gasteiger partial charge in [0.1, 0.15) is 5.15 Å². The molecule has 0 aliphatic carbocycles. The minimum Gasteiger partial charge on any atom is -0.329 e. The standard InChI is InChI=1S/C7H10ClN3/c8-7-5(6(10)4-9)2-1-3-11-7/h1-3,6H,4,9-10H2. The summed E-state index contributed by atoms with van der Waals surface area (Å²) in [4.78, 5) is 3.88. The van der Waals surface area contributed by atoms with Crippen molar-refractivity contribution in [2.45, 2.75) is 6.04 Å². The molecule has 0 aliphatic rings. The van der Waals surface area contributed by atoms with Crippen molar-refractivity contribution < 1.29 is 0 Å². The Balaban J connectivity index is 2.93. The molecule has 0 amide bonds. The predicted molar refractivity (Wildman–Crippen MR) is 45.2 cm³/mol. The van der Waals surface area contributed by atoms with Crippen molar-refractivity contribution in [2.75, 3.05) is 6.54 Å². The van der Waals surface area contributed by atoms with E-state index in [4.69, 9.17) is 23.1 Å². The molecule has 11 heavy (non-hydrogen) atoms. The maximum atomic E-state index is 5.75. The zero-order valence-electron chi connectivity index (χ0n) is 6.00. The van der Waals surface area contributed by atoms with Gasteiger partial charge in [-0.15, -0.1) is 0 Å². The third-order valence-electron chi connectivity index (χ3n) is 1.44. The Kier molecular flexibility index (Phi) is 2.82. The quantitative estimate of drug-likeness (QED) is 0.644. The molecule has 0 spiro atoms. The third kappa shape index (κ3) is 1.89. The summed E-state index contributed by atoms with van der Waals surface area (Å²) in [5.74, 6) is 0. The number of rotatable bonds is 2. The molecule has 1 heterocycles. The number of pyridine rings is 1. The molecule has 0 saturated carbocycles. The van der Waals surface area contributed by atoms with Crippen LogP contribution in [0.3, 0.4) is 0 Å². The van der Waals surface area contributed by atoms with E-state index in [9.17, 15) is 0 Å². The molecule has 1 rings (SSSR count). The minimum atomic E-state index is -0.212. The molecule has 0 bridgehead atoms. The Morgan fingerprint density at radius 1 is 1.64 bits per heavy atom. The Morgan fingerprint density at radius 3 is 2.91 bits per heavy atom. The van der Waals surface area contributed by atoms with Gasteiger partial charge in [0, 0.05) is 24.3 Å². The van der Waals surface area contributed by atoms with Crippen molar-refractivity contribution in [1.82, 2.24) is 4.98 Å². The zero-order chi connectivity index (χ0) is 8.27. The average Bonchev–Trinajstić information content (AvgIpc) is 2.04. The average molecular weight is 172 g/mol.